The van der Waals surface area contributed by atoms with Crippen LogP contribution in [0.25, 0.3) is 10.2 Å². The first-order valence-electron chi connectivity index (χ1n) is 11.9. The molecule has 35 heavy (non-hydrogen) atoms. The van der Waals surface area contributed by atoms with Gasteiger partial charge in [-0.15, -0.1) is 11.3 Å². The summed E-state index contributed by atoms with van der Waals surface area (Å²) >= 11 is 1.26. The zero-order valence-electron chi connectivity index (χ0n) is 20.0. The van der Waals surface area contributed by atoms with Gasteiger partial charge >= 0.3 is 0 Å². The van der Waals surface area contributed by atoms with Crippen molar-refractivity contribution in [2.45, 2.75) is 19.8 Å². The number of hydrogen-bond donors (Lipinski definition) is 1. The topological polar surface area (TPSA) is 98.8 Å². The first kappa shape index (κ1) is 23.3. The van der Waals surface area contributed by atoms with Crippen LogP contribution in [0.1, 0.15) is 28.1 Å². The van der Waals surface area contributed by atoms with E-state index in [1.807, 2.05) is 23.1 Å². The standard InChI is InChI=1S/C25H29N5O4S/c1-16-20-22(31)26-15-27-23(20)35-21(16)25(33)29-8-6-17(7-9-29)24(32)30-12-10-28(11-13-30)18-4-3-5-19(14-18)34-2/h3-5,14-15,17H,6-13H2,1-2H3,(H,26,27,31). The third-order valence-corrected chi connectivity index (χ3v) is 8.26. The summed E-state index contributed by atoms with van der Waals surface area (Å²) in [5, 5.41) is 0.485. The van der Waals surface area contributed by atoms with E-state index in [1.165, 1.54) is 17.7 Å². The second-order valence-electron chi connectivity index (χ2n) is 9.05. The minimum atomic E-state index is -0.224. The number of nitrogens with zero attached hydrogens (tertiary/aromatic N) is 4. The molecule has 4 heterocycles. The number of benzene rings is 1. The van der Waals surface area contributed by atoms with Crippen LogP contribution < -0.4 is 15.2 Å². The lowest BCUT2D eigenvalue weighted by molar-refractivity contribution is -0.137. The summed E-state index contributed by atoms with van der Waals surface area (Å²) in [5.41, 5.74) is 1.56. The van der Waals surface area contributed by atoms with Crippen LogP contribution in [0, 0.1) is 12.8 Å². The van der Waals surface area contributed by atoms with Gasteiger partial charge in [-0.3, -0.25) is 14.4 Å². The number of carbonyl (C=O) groups is 2. The zero-order chi connectivity index (χ0) is 24.5. The van der Waals surface area contributed by atoms with E-state index < -0.39 is 0 Å². The van der Waals surface area contributed by atoms with Crippen molar-refractivity contribution in [1.82, 2.24) is 19.8 Å². The van der Waals surface area contributed by atoms with Crippen molar-refractivity contribution in [2.24, 2.45) is 5.92 Å². The van der Waals surface area contributed by atoms with Crippen molar-refractivity contribution in [3.63, 3.8) is 0 Å². The van der Waals surface area contributed by atoms with Crippen LogP contribution in [-0.2, 0) is 4.79 Å². The van der Waals surface area contributed by atoms with Crippen molar-refractivity contribution < 1.29 is 14.3 Å². The van der Waals surface area contributed by atoms with Gasteiger partial charge < -0.3 is 24.4 Å². The number of piperidine rings is 1. The van der Waals surface area contributed by atoms with Crippen LogP contribution in [0.2, 0.25) is 0 Å². The number of H-pyrrole nitrogens is 1. The molecule has 2 amide bonds. The molecule has 2 saturated heterocycles. The van der Waals surface area contributed by atoms with Crippen LogP contribution >= 0.6 is 11.3 Å². The number of rotatable bonds is 4. The number of piperazine rings is 1. The molecule has 0 aliphatic carbocycles. The smallest absolute Gasteiger partial charge is 0.264 e. The van der Waals surface area contributed by atoms with Crippen molar-refractivity contribution in [3.8, 4) is 5.75 Å². The zero-order valence-corrected chi connectivity index (χ0v) is 20.8. The van der Waals surface area contributed by atoms with Crippen LogP contribution in [0.15, 0.2) is 35.4 Å². The highest BCUT2D eigenvalue weighted by molar-refractivity contribution is 7.20. The number of ether oxygens (including phenoxy) is 1. The fourth-order valence-electron chi connectivity index (χ4n) is 5.01. The molecule has 9 nitrogen and oxygen atoms in total. The molecule has 1 aromatic carbocycles. The molecule has 0 radical (unpaired) electrons. The molecule has 2 fully saturated rings. The normalized spacial score (nSPS) is 17.1. The largest absolute Gasteiger partial charge is 0.497 e. The van der Waals surface area contributed by atoms with Gasteiger partial charge in [-0.2, -0.15) is 0 Å². The van der Waals surface area contributed by atoms with Gasteiger partial charge in [-0.05, 0) is 37.5 Å². The van der Waals surface area contributed by atoms with E-state index in [4.69, 9.17) is 4.74 Å². The molecule has 10 heteroatoms. The minimum absolute atomic E-state index is 0.0598. The van der Waals surface area contributed by atoms with E-state index in [9.17, 15) is 14.4 Å². The molecule has 0 saturated carbocycles. The number of anilines is 1. The number of thiophene rings is 1. The average molecular weight is 496 g/mol. The summed E-state index contributed by atoms with van der Waals surface area (Å²) in [5.74, 6) is 0.880. The van der Waals surface area contributed by atoms with Gasteiger partial charge in [0.1, 0.15) is 10.6 Å². The fourth-order valence-corrected chi connectivity index (χ4v) is 6.12. The summed E-state index contributed by atoms with van der Waals surface area (Å²) in [7, 11) is 1.66. The lowest BCUT2D eigenvalue weighted by Gasteiger charge is -2.39. The van der Waals surface area contributed by atoms with Crippen molar-refractivity contribution >= 4 is 39.1 Å². The van der Waals surface area contributed by atoms with Gasteiger partial charge in [0, 0.05) is 56.9 Å². The Hall–Kier alpha value is -3.40. The number of aromatic amines is 1. The molecular formula is C25H29N5O4S. The lowest BCUT2D eigenvalue weighted by atomic mass is 9.94. The van der Waals surface area contributed by atoms with Crippen LogP contribution in [0.5, 0.6) is 5.75 Å². The number of fused-ring (bicyclic) bond motifs is 1. The molecule has 5 rings (SSSR count). The van der Waals surface area contributed by atoms with E-state index in [0.29, 0.717) is 59.7 Å². The highest BCUT2D eigenvalue weighted by Gasteiger charge is 2.33. The lowest BCUT2D eigenvalue weighted by Crippen LogP contribution is -2.52. The highest BCUT2D eigenvalue weighted by Crippen LogP contribution is 2.30. The molecule has 2 aromatic heterocycles. The number of aryl methyl sites for hydroxylation is 1. The monoisotopic (exact) mass is 495 g/mol. The Morgan fingerprint density at radius 3 is 2.51 bits per heavy atom. The maximum absolute atomic E-state index is 13.2. The number of aromatic nitrogens is 2. The van der Waals surface area contributed by atoms with Crippen LogP contribution in [0.3, 0.4) is 0 Å². The van der Waals surface area contributed by atoms with E-state index >= 15 is 0 Å². The second kappa shape index (κ2) is 9.69. The van der Waals surface area contributed by atoms with Crippen LogP contribution in [-0.4, -0.2) is 78.0 Å². The fraction of sp³-hybridized carbons (Fsp3) is 0.440. The maximum Gasteiger partial charge on any atom is 0.264 e. The number of likely N-dealkylation sites (tertiary alicyclic amines) is 1. The molecule has 0 unspecified atom stereocenters. The van der Waals surface area contributed by atoms with Gasteiger partial charge in [-0.1, -0.05) is 6.07 Å². The van der Waals surface area contributed by atoms with E-state index in [-0.39, 0.29) is 23.3 Å². The van der Waals surface area contributed by atoms with Crippen molar-refractivity contribution in [2.75, 3.05) is 51.3 Å². The second-order valence-corrected chi connectivity index (χ2v) is 10.0. The van der Waals surface area contributed by atoms with Crippen molar-refractivity contribution in [1.29, 1.82) is 0 Å². The molecule has 184 valence electrons. The van der Waals surface area contributed by atoms with Gasteiger partial charge in [-0.25, -0.2) is 4.98 Å². The molecule has 1 N–H and O–H groups in total. The predicted octanol–water partition coefficient (Wildman–Crippen LogP) is 2.50. The van der Waals surface area contributed by atoms with E-state index in [0.717, 1.165) is 24.5 Å². The molecule has 0 atom stereocenters. The SMILES string of the molecule is COc1cccc(N2CCN(C(=O)C3CCN(C(=O)c4sc5nc[nH]c(=O)c5c4C)CC3)CC2)c1. The van der Waals surface area contributed by atoms with E-state index in [2.05, 4.69) is 20.9 Å². The Morgan fingerprint density at radius 1 is 1.09 bits per heavy atom. The third kappa shape index (κ3) is 4.50. The summed E-state index contributed by atoms with van der Waals surface area (Å²) in [6, 6.07) is 8.00. The predicted molar refractivity (Wildman–Crippen MR) is 135 cm³/mol. The molecule has 2 aliphatic rings. The molecule has 2 aliphatic heterocycles. The number of methoxy groups -OCH3 is 1. The summed E-state index contributed by atoms with van der Waals surface area (Å²) in [4.78, 5) is 52.5. The first-order chi connectivity index (χ1) is 17.0. The molecule has 0 bridgehead atoms. The van der Waals surface area contributed by atoms with Gasteiger partial charge in [0.15, 0.2) is 0 Å². The first-order valence-corrected chi connectivity index (χ1v) is 12.7. The van der Waals surface area contributed by atoms with Gasteiger partial charge in [0.25, 0.3) is 11.5 Å². The van der Waals surface area contributed by atoms with Crippen molar-refractivity contribution in [3.05, 3.63) is 51.4 Å². The average Bonchev–Trinajstić information content (AvgIpc) is 3.25. The number of carbonyl (C=O) groups excluding carboxylic acids is 2. The number of hydrogen-bond acceptors (Lipinski definition) is 7. The highest BCUT2D eigenvalue weighted by atomic mass is 32.1. The summed E-state index contributed by atoms with van der Waals surface area (Å²) in [6.07, 6.45) is 2.68. The van der Waals surface area contributed by atoms with Gasteiger partial charge in [0.2, 0.25) is 5.91 Å². The van der Waals surface area contributed by atoms with Crippen LogP contribution in [0.4, 0.5) is 5.69 Å². The van der Waals surface area contributed by atoms with E-state index in [1.54, 1.807) is 18.9 Å². The Morgan fingerprint density at radius 2 is 1.83 bits per heavy atom. The third-order valence-electron chi connectivity index (χ3n) is 7.07. The maximum atomic E-state index is 13.2. The minimum Gasteiger partial charge on any atom is -0.497 e. The van der Waals surface area contributed by atoms with Gasteiger partial charge in [0.05, 0.1) is 23.7 Å². The quantitative estimate of drug-likeness (QED) is 0.597. The summed E-state index contributed by atoms with van der Waals surface area (Å²) < 4.78 is 5.33. The summed E-state index contributed by atoms with van der Waals surface area (Å²) in [6.45, 7) is 5.83. The molecule has 3 aromatic rings. The Bertz CT molecular complexity index is 1300. The molecular weight excluding hydrogens is 466 g/mol. The Kier molecular flexibility index (Phi) is 6.46. The molecule has 0 spiro atoms. The Balaban J connectivity index is 1.17. The number of amides is 2. The Labute approximate surface area is 207 Å². The number of nitrogens with one attached hydrogen (secondary N) is 1.